The molecule has 0 saturated heterocycles. The SMILES string of the molecule is Cc1ccc(S(=O)(=O)NNc2ncnc(NNC(C)(C)C)c2N)cc1. The second-order valence-electron chi connectivity index (χ2n) is 6.53. The van der Waals surface area contributed by atoms with Crippen molar-refractivity contribution in [1.82, 2.24) is 20.2 Å². The minimum Gasteiger partial charge on any atom is -0.393 e. The number of hydrazine groups is 2. The Labute approximate surface area is 147 Å². The van der Waals surface area contributed by atoms with Gasteiger partial charge in [0, 0.05) is 5.54 Å². The quantitative estimate of drug-likeness (QED) is 0.485. The van der Waals surface area contributed by atoms with Crippen LogP contribution < -0.4 is 26.8 Å². The normalized spacial score (nSPS) is 12.0. The predicted molar refractivity (Wildman–Crippen MR) is 98.1 cm³/mol. The number of nitrogens with two attached hydrogens (primary N) is 1. The van der Waals surface area contributed by atoms with Crippen LogP contribution in [0.15, 0.2) is 35.5 Å². The van der Waals surface area contributed by atoms with Crippen LogP contribution in [0.1, 0.15) is 26.3 Å². The highest BCUT2D eigenvalue weighted by Crippen LogP contribution is 2.22. The van der Waals surface area contributed by atoms with E-state index in [0.29, 0.717) is 5.82 Å². The number of nitrogens with zero attached hydrogens (tertiary/aromatic N) is 2. The Morgan fingerprint density at radius 1 is 1.00 bits per heavy atom. The molecule has 1 heterocycles. The number of aryl methyl sites for hydroxylation is 1. The molecule has 0 aliphatic heterocycles. The van der Waals surface area contributed by atoms with E-state index in [-0.39, 0.29) is 21.9 Å². The third-order valence-corrected chi connectivity index (χ3v) is 4.34. The van der Waals surface area contributed by atoms with Gasteiger partial charge in [0.1, 0.15) is 12.0 Å². The molecule has 0 aliphatic carbocycles. The minimum atomic E-state index is -3.75. The maximum Gasteiger partial charge on any atom is 0.257 e. The molecule has 0 fully saturated rings. The van der Waals surface area contributed by atoms with Gasteiger partial charge in [-0.05, 0) is 39.8 Å². The summed E-state index contributed by atoms with van der Waals surface area (Å²) in [5.41, 5.74) is 15.3. The predicted octanol–water partition coefficient (Wildman–Crippen LogP) is 1.39. The van der Waals surface area contributed by atoms with Crippen molar-refractivity contribution in [2.75, 3.05) is 16.6 Å². The van der Waals surface area contributed by atoms with Gasteiger partial charge < -0.3 is 11.2 Å². The first-order valence-electron chi connectivity index (χ1n) is 7.57. The average Bonchev–Trinajstić information content (AvgIpc) is 2.52. The number of hydrogen-bond donors (Lipinski definition) is 5. The molecule has 6 N–H and O–H groups in total. The monoisotopic (exact) mass is 365 g/mol. The fraction of sp³-hybridized carbons (Fsp3) is 0.333. The summed E-state index contributed by atoms with van der Waals surface area (Å²) in [6.07, 6.45) is 1.27. The van der Waals surface area contributed by atoms with Crippen LogP contribution in [0, 0.1) is 6.92 Å². The van der Waals surface area contributed by atoms with Crippen molar-refractivity contribution in [3.05, 3.63) is 36.2 Å². The van der Waals surface area contributed by atoms with Gasteiger partial charge in [0.15, 0.2) is 11.6 Å². The number of aromatic nitrogens is 2. The molecule has 2 rings (SSSR count). The van der Waals surface area contributed by atoms with Gasteiger partial charge in [0.05, 0.1) is 4.90 Å². The molecule has 2 aromatic rings. The molecule has 10 heteroatoms. The van der Waals surface area contributed by atoms with E-state index in [1.54, 1.807) is 12.1 Å². The van der Waals surface area contributed by atoms with Crippen LogP contribution >= 0.6 is 0 Å². The number of benzene rings is 1. The van der Waals surface area contributed by atoms with Gasteiger partial charge in [0.25, 0.3) is 10.0 Å². The van der Waals surface area contributed by atoms with E-state index < -0.39 is 10.0 Å². The summed E-state index contributed by atoms with van der Waals surface area (Å²) < 4.78 is 24.6. The number of sulfonamides is 1. The highest BCUT2D eigenvalue weighted by molar-refractivity contribution is 7.89. The van der Waals surface area contributed by atoms with E-state index in [2.05, 4.69) is 31.1 Å². The maximum absolute atomic E-state index is 12.3. The highest BCUT2D eigenvalue weighted by Gasteiger charge is 2.16. The average molecular weight is 365 g/mol. The second kappa shape index (κ2) is 7.21. The first-order valence-corrected chi connectivity index (χ1v) is 9.05. The number of nitrogen functional groups attached to an aromatic ring is 1. The van der Waals surface area contributed by atoms with Crippen molar-refractivity contribution in [2.24, 2.45) is 0 Å². The maximum atomic E-state index is 12.3. The van der Waals surface area contributed by atoms with Gasteiger partial charge in [-0.2, -0.15) is 0 Å². The zero-order chi connectivity index (χ0) is 18.7. The molecule has 0 unspecified atom stereocenters. The van der Waals surface area contributed by atoms with Crippen molar-refractivity contribution in [1.29, 1.82) is 0 Å². The van der Waals surface area contributed by atoms with Crippen LogP contribution in [0.3, 0.4) is 0 Å². The molecular weight excluding hydrogens is 342 g/mol. The van der Waals surface area contributed by atoms with E-state index in [9.17, 15) is 8.42 Å². The molecule has 0 radical (unpaired) electrons. The van der Waals surface area contributed by atoms with E-state index >= 15 is 0 Å². The Morgan fingerprint density at radius 2 is 1.56 bits per heavy atom. The Balaban J connectivity index is 2.11. The zero-order valence-electron chi connectivity index (χ0n) is 14.6. The fourth-order valence-electron chi connectivity index (χ4n) is 1.73. The van der Waals surface area contributed by atoms with Crippen molar-refractivity contribution >= 4 is 27.3 Å². The lowest BCUT2D eigenvalue weighted by molar-refractivity contribution is 0.464. The second-order valence-corrected chi connectivity index (χ2v) is 8.21. The molecule has 0 bridgehead atoms. The van der Waals surface area contributed by atoms with Crippen molar-refractivity contribution < 1.29 is 8.42 Å². The molecule has 1 aromatic heterocycles. The summed E-state index contributed by atoms with van der Waals surface area (Å²) in [5, 5.41) is 0. The largest absolute Gasteiger partial charge is 0.393 e. The smallest absolute Gasteiger partial charge is 0.257 e. The summed E-state index contributed by atoms with van der Waals surface area (Å²) in [6, 6.07) is 6.47. The Hall–Kier alpha value is -2.43. The van der Waals surface area contributed by atoms with Gasteiger partial charge in [-0.15, -0.1) is 4.83 Å². The standard InChI is InChI=1S/C15H23N7O2S/c1-10-5-7-11(8-6-10)25(23,24)22-20-14-12(16)13(17-9-18-14)19-21-15(2,3)4/h5-9,21-22H,16H2,1-4H3,(H2,17,18,19,20). The summed E-state index contributed by atoms with van der Waals surface area (Å²) >= 11 is 0. The Bertz CT molecular complexity index is 830. The first kappa shape index (κ1) is 18.9. The van der Waals surface area contributed by atoms with Crippen molar-refractivity contribution in [3.8, 4) is 0 Å². The Kier molecular flexibility index (Phi) is 5.45. The number of rotatable bonds is 6. The lowest BCUT2D eigenvalue weighted by Crippen LogP contribution is -2.40. The third kappa shape index (κ3) is 5.28. The van der Waals surface area contributed by atoms with Crippen molar-refractivity contribution in [2.45, 2.75) is 38.1 Å². The molecule has 25 heavy (non-hydrogen) atoms. The summed E-state index contributed by atoms with van der Waals surface area (Å²) in [6.45, 7) is 7.77. The van der Waals surface area contributed by atoms with E-state index in [1.165, 1.54) is 18.5 Å². The highest BCUT2D eigenvalue weighted by atomic mass is 32.2. The number of nitrogens with one attached hydrogen (secondary N) is 4. The van der Waals surface area contributed by atoms with Gasteiger partial charge in [-0.1, -0.05) is 17.7 Å². The molecule has 0 atom stereocenters. The molecule has 1 aromatic carbocycles. The molecule has 9 nitrogen and oxygen atoms in total. The Morgan fingerprint density at radius 3 is 2.12 bits per heavy atom. The third-order valence-electron chi connectivity index (χ3n) is 3.07. The van der Waals surface area contributed by atoms with Gasteiger partial charge >= 0.3 is 0 Å². The van der Waals surface area contributed by atoms with Crippen LogP contribution in [-0.2, 0) is 10.0 Å². The summed E-state index contributed by atoms with van der Waals surface area (Å²) in [5.74, 6) is 0.478. The number of anilines is 3. The topological polar surface area (TPSA) is 134 Å². The lowest BCUT2D eigenvalue weighted by Gasteiger charge is -2.22. The van der Waals surface area contributed by atoms with Crippen LogP contribution in [0.25, 0.3) is 0 Å². The van der Waals surface area contributed by atoms with E-state index in [1.807, 2.05) is 27.7 Å². The lowest BCUT2D eigenvalue weighted by atomic mass is 10.1. The van der Waals surface area contributed by atoms with Crippen LogP contribution in [0.5, 0.6) is 0 Å². The van der Waals surface area contributed by atoms with Gasteiger partial charge in [0.2, 0.25) is 0 Å². The minimum absolute atomic E-state index is 0.131. The molecule has 136 valence electrons. The van der Waals surface area contributed by atoms with E-state index in [4.69, 9.17) is 5.73 Å². The van der Waals surface area contributed by atoms with Crippen LogP contribution in [0.4, 0.5) is 17.3 Å². The van der Waals surface area contributed by atoms with Gasteiger partial charge in [-0.3, -0.25) is 5.43 Å². The zero-order valence-corrected chi connectivity index (χ0v) is 15.4. The number of hydrogen-bond acceptors (Lipinski definition) is 8. The summed E-state index contributed by atoms with van der Waals surface area (Å²) in [4.78, 5) is 10.4. The van der Waals surface area contributed by atoms with Gasteiger partial charge in [-0.25, -0.2) is 23.8 Å². The van der Waals surface area contributed by atoms with E-state index in [0.717, 1.165) is 5.56 Å². The van der Waals surface area contributed by atoms with Crippen LogP contribution in [-0.4, -0.2) is 23.9 Å². The molecule has 0 aliphatic rings. The molecule has 0 saturated carbocycles. The molecule has 0 spiro atoms. The summed E-state index contributed by atoms with van der Waals surface area (Å²) in [7, 11) is -3.75. The first-order chi connectivity index (χ1) is 11.6. The van der Waals surface area contributed by atoms with Crippen molar-refractivity contribution in [3.63, 3.8) is 0 Å². The van der Waals surface area contributed by atoms with Crippen LogP contribution in [0.2, 0.25) is 0 Å². The molecule has 0 amide bonds. The fourth-order valence-corrected chi connectivity index (χ4v) is 2.58. The molecular formula is C15H23N7O2S.